The number of aliphatic carboxylic acids is 1. The predicted octanol–water partition coefficient (Wildman–Crippen LogP) is 1.89. The van der Waals surface area contributed by atoms with Crippen molar-refractivity contribution in [1.29, 1.82) is 0 Å². The molecule has 0 spiro atoms. The zero-order chi connectivity index (χ0) is 15.2. The summed E-state index contributed by atoms with van der Waals surface area (Å²) >= 11 is 5.92. The van der Waals surface area contributed by atoms with Gasteiger partial charge in [0.25, 0.3) is 0 Å². The standard InChI is InChI=1S/C12H12N4O3S2/c17-9(5-21-6-10(18)19)13-8-3-1-7(2-4-8)11-14-12(20)16-15-11/h1-4H,5-6H2,(H,13,17)(H,18,19)(H2,14,15,16,20). The van der Waals surface area contributed by atoms with Crippen molar-refractivity contribution in [2.24, 2.45) is 0 Å². The van der Waals surface area contributed by atoms with Crippen molar-refractivity contribution >= 4 is 41.5 Å². The van der Waals surface area contributed by atoms with Crippen molar-refractivity contribution in [3.8, 4) is 11.4 Å². The highest BCUT2D eigenvalue weighted by molar-refractivity contribution is 8.00. The lowest BCUT2D eigenvalue weighted by molar-refractivity contribution is -0.133. The molecule has 0 radical (unpaired) electrons. The van der Waals surface area contributed by atoms with Crippen LogP contribution >= 0.6 is 24.0 Å². The molecule has 0 aliphatic rings. The highest BCUT2D eigenvalue weighted by atomic mass is 32.2. The first-order valence-corrected chi connectivity index (χ1v) is 7.45. The zero-order valence-electron chi connectivity index (χ0n) is 10.8. The van der Waals surface area contributed by atoms with E-state index in [1.807, 2.05) is 0 Å². The van der Waals surface area contributed by atoms with Crippen LogP contribution in [0.3, 0.4) is 0 Å². The maximum atomic E-state index is 11.6. The van der Waals surface area contributed by atoms with Gasteiger partial charge >= 0.3 is 5.97 Å². The average molecular weight is 324 g/mol. The minimum absolute atomic E-state index is 0.0925. The summed E-state index contributed by atoms with van der Waals surface area (Å²) in [7, 11) is 0. The number of anilines is 1. The summed E-state index contributed by atoms with van der Waals surface area (Å²) in [6.07, 6.45) is 0. The van der Waals surface area contributed by atoms with E-state index in [0.29, 0.717) is 16.3 Å². The molecule has 0 saturated heterocycles. The van der Waals surface area contributed by atoms with E-state index in [4.69, 9.17) is 17.3 Å². The molecule has 110 valence electrons. The van der Waals surface area contributed by atoms with Gasteiger partial charge in [-0.2, -0.15) is 4.98 Å². The van der Waals surface area contributed by atoms with Crippen molar-refractivity contribution in [3.63, 3.8) is 0 Å². The second-order valence-electron chi connectivity index (χ2n) is 4.03. The molecule has 1 aromatic carbocycles. The molecule has 0 unspecified atom stereocenters. The Balaban J connectivity index is 1.92. The van der Waals surface area contributed by atoms with Gasteiger partial charge in [0.05, 0.1) is 11.5 Å². The SMILES string of the molecule is O=C(O)CSCC(=O)Nc1ccc(-c2nc(=S)[nH][nH]2)cc1. The van der Waals surface area contributed by atoms with Crippen LogP contribution in [0.4, 0.5) is 5.69 Å². The molecular formula is C12H12N4O3S2. The third-order valence-electron chi connectivity index (χ3n) is 2.40. The molecule has 4 N–H and O–H groups in total. The highest BCUT2D eigenvalue weighted by Crippen LogP contribution is 2.17. The second kappa shape index (κ2) is 7.04. The summed E-state index contributed by atoms with van der Waals surface area (Å²) in [5.74, 6) is -0.553. The summed E-state index contributed by atoms with van der Waals surface area (Å²) in [4.78, 5) is 26.0. The fourth-order valence-electron chi connectivity index (χ4n) is 1.55. The number of hydrogen-bond acceptors (Lipinski definition) is 5. The number of nitrogens with one attached hydrogen (secondary N) is 3. The van der Waals surface area contributed by atoms with Gasteiger partial charge in [0, 0.05) is 11.3 Å². The number of carboxylic acid groups (broad SMARTS) is 1. The highest BCUT2D eigenvalue weighted by Gasteiger charge is 2.06. The fourth-order valence-corrected chi connectivity index (χ4v) is 2.22. The van der Waals surface area contributed by atoms with Crippen LogP contribution in [0.5, 0.6) is 0 Å². The number of amides is 1. The molecule has 2 aromatic rings. The van der Waals surface area contributed by atoms with Crippen LogP contribution in [-0.2, 0) is 9.59 Å². The van der Waals surface area contributed by atoms with Gasteiger partial charge in [-0.3, -0.25) is 19.8 Å². The third-order valence-corrected chi connectivity index (χ3v) is 3.51. The molecule has 9 heteroatoms. The Morgan fingerprint density at radius 3 is 2.52 bits per heavy atom. The molecule has 0 atom stereocenters. The van der Waals surface area contributed by atoms with Crippen LogP contribution in [0.2, 0.25) is 0 Å². The van der Waals surface area contributed by atoms with Crippen molar-refractivity contribution in [1.82, 2.24) is 15.2 Å². The number of H-pyrrole nitrogens is 2. The second-order valence-corrected chi connectivity index (χ2v) is 5.40. The first-order chi connectivity index (χ1) is 10.0. The van der Waals surface area contributed by atoms with Crippen molar-refractivity contribution in [3.05, 3.63) is 29.0 Å². The van der Waals surface area contributed by atoms with Gasteiger partial charge < -0.3 is 10.4 Å². The summed E-state index contributed by atoms with van der Waals surface area (Å²) in [5.41, 5.74) is 1.47. The van der Waals surface area contributed by atoms with Crippen molar-refractivity contribution in [2.75, 3.05) is 16.8 Å². The first kappa shape index (κ1) is 15.3. The molecule has 1 amide bonds. The number of carbonyl (C=O) groups excluding carboxylic acids is 1. The van der Waals surface area contributed by atoms with E-state index in [1.165, 1.54) is 0 Å². The Bertz CT molecular complexity index is 693. The number of aromatic nitrogens is 3. The fraction of sp³-hybridized carbons (Fsp3) is 0.167. The average Bonchev–Trinajstić information content (AvgIpc) is 2.86. The Morgan fingerprint density at radius 2 is 1.95 bits per heavy atom. The number of aromatic amines is 2. The predicted molar refractivity (Wildman–Crippen MR) is 82.8 cm³/mol. The van der Waals surface area contributed by atoms with Crippen LogP contribution in [0.25, 0.3) is 11.4 Å². The van der Waals surface area contributed by atoms with E-state index in [0.717, 1.165) is 17.3 Å². The van der Waals surface area contributed by atoms with Crippen LogP contribution in [0, 0.1) is 4.77 Å². The normalized spacial score (nSPS) is 10.3. The maximum absolute atomic E-state index is 11.6. The van der Waals surface area contributed by atoms with Gasteiger partial charge in [-0.1, -0.05) is 0 Å². The lowest BCUT2D eigenvalue weighted by atomic mass is 10.2. The van der Waals surface area contributed by atoms with E-state index >= 15 is 0 Å². The number of carbonyl (C=O) groups is 2. The quantitative estimate of drug-likeness (QED) is 0.604. The molecule has 0 aliphatic carbocycles. The first-order valence-electron chi connectivity index (χ1n) is 5.89. The molecule has 1 aromatic heterocycles. The maximum Gasteiger partial charge on any atom is 0.313 e. The Labute approximate surface area is 129 Å². The van der Waals surface area contributed by atoms with Gasteiger partial charge in [-0.25, -0.2) is 0 Å². The van der Waals surface area contributed by atoms with E-state index < -0.39 is 5.97 Å². The van der Waals surface area contributed by atoms with E-state index in [9.17, 15) is 9.59 Å². The molecule has 2 rings (SSSR count). The van der Waals surface area contributed by atoms with Gasteiger partial charge in [-0.05, 0) is 36.5 Å². The van der Waals surface area contributed by atoms with Gasteiger partial charge in [0.15, 0.2) is 5.82 Å². The molecule has 0 saturated carbocycles. The summed E-state index contributed by atoms with van der Waals surface area (Å²) in [5, 5.41) is 16.7. The number of benzene rings is 1. The number of thioether (sulfide) groups is 1. The third kappa shape index (κ3) is 4.72. The van der Waals surface area contributed by atoms with Crippen molar-refractivity contribution in [2.45, 2.75) is 0 Å². The molecule has 21 heavy (non-hydrogen) atoms. The molecular weight excluding hydrogens is 312 g/mol. The number of hydrogen-bond donors (Lipinski definition) is 4. The Kier molecular flexibility index (Phi) is 5.12. The van der Waals surface area contributed by atoms with Gasteiger partial charge in [-0.15, -0.1) is 11.8 Å². The summed E-state index contributed by atoms with van der Waals surface area (Å²) in [6, 6.07) is 7.06. The van der Waals surface area contributed by atoms with E-state index in [-0.39, 0.29) is 17.4 Å². The lowest BCUT2D eigenvalue weighted by Crippen LogP contribution is -2.15. The Morgan fingerprint density at radius 1 is 1.24 bits per heavy atom. The number of rotatable bonds is 6. The topological polar surface area (TPSA) is 111 Å². The van der Waals surface area contributed by atoms with Gasteiger partial charge in [0.2, 0.25) is 10.7 Å². The number of carboxylic acids is 1. The monoisotopic (exact) mass is 324 g/mol. The molecule has 7 nitrogen and oxygen atoms in total. The van der Waals surface area contributed by atoms with Crippen LogP contribution in [0.15, 0.2) is 24.3 Å². The Hall–Kier alpha value is -2.13. The smallest absolute Gasteiger partial charge is 0.313 e. The van der Waals surface area contributed by atoms with Crippen LogP contribution in [-0.4, -0.2) is 43.7 Å². The zero-order valence-corrected chi connectivity index (χ0v) is 12.4. The van der Waals surface area contributed by atoms with Crippen LogP contribution in [0.1, 0.15) is 0 Å². The minimum atomic E-state index is -0.937. The molecule has 0 bridgehead atoms. The molecule has 0 fully saturated rings. The van der Waals surface area contributed by atoms with E-state index in [2.05, 4.69) is 20.5 Å². The largest absolute Gasteiger partial charge is 0.481 e. The lowest BCUT2D eigenvalue weighted by Gasteiger charge is -2.05. The van der Waals surface area contributed by atoms with E-state index in [1.54, 1.807) is 24.3 Å². The molecule has 1 heterocycles. The van der Waals surface area contributed by atoms with Crippen molar-refractivity contribution < 1.29 is 14.7 Å². The van der Waals surface area contributed by atoms with Gasteiger partial charge in [0.1, 0.15) is 0 Å². The molecule has 0 aliphatic heterocycles. The summed E-state index contributed by atoms with van der Waals surface area (Å²) in [6.45, 7) is 0. The summed E-state index contributed by atoms with van der Waals surface area (Å²) < 4.78 is 0.373. The minimum Gasteiger partial charge on any atom is -0.481 e. The number of nitrogens with zero attached hydrogens (tertiary/aromatic N) is 1. The van der Waals surface area contributed by atoms with Crippen LogP contribution < -0.4 is 5.32 Å².